The highest BCUT2D eigenvalue weighted by atomic mass is 16.2. The van der Waals surface area contributed by atoms with Gasteiger partial charge in [0.05, 0.1) is 0 Å². The maximum atomic E-state index is 12.0. The lowest BCUT2D eigenvalue weighted by atomic mass is 10.1. The summed E-state index contributed by atoms with van der Waals surface area (Å²) in [5.74, 6) is 0. The highest BCUT2D eigenvalue weighted by Gasteiger charge is 2.17. The number of hydrogen-bond donors (Lipinski definition) is 1. The molecule has 1 N–H and O–H groups in total. The molecule has 92 valence electrons. The molecule has 0 aliphatic carbocycles. The number of benzene rings is 2. The molecule has 1 aliphatic heterocycles. The maximum Gasteiger partial charge on any atom is 0.321 e. The first-order valence-electron chi connectivity index (χ1n) is 6.38. The number of hydrogen-bond acceptors (Lipinski definition) is 1. The fourth-order valence-electron chi connectivity index (χ4n) is 2.39. The van der Waals surface area contributed by atoms with Gasteiger partial charge in [-0.15, -0.1) is 0 Å². The van der Waals surface area contributed by atoms with Gasteiger partial charge < -0.3 is 10.2 Å². The van der Waals surface area contributed by atoms with Gasteiger partial charge in [0.2, 0.25) is 0 Å². The second kappa shape index (κ2) is 4.69. The van der Waals surface area contributed by atoms with E-state index in [0.717, 1.165) is 37.0 Å². The molecule has 0 spiro atoms. The topological polar surface area (TPSA) is 32.3 Å². The van der Waals surface area contributed by atoms with Crippen molar-refractivity contribution in [3.8, 4) is 0 Å². The summed E-state index contributed by atoms with van der Waals surface area (Å²) < 4.78 is 0. The van der Waals surface area contributed by atoms with Gasteiger partial charge in [0.25, 0.3) is 0 Å². The summed E-state index contributed by atoms with van der Waals surface area (Å²) in [6, 6.07) is 14.2. The molecule has 3 rings (SSSR count). The van der Waals surface area contributed by atoms with Gasteiger partial charge in [-0.05, 0) is 35.7 Å². The summed E-state index contributed by atoms with van der Waals surface area (Å²) in [6.45, 7) is 1.75. The molecule has 2 aromatic carbocycles. The van der Waals surface area contributed by atoms with Crippen LogP contribution in [0.1, 0.15) is 12.8 Å². The molecular formula is C15H16N2O. The number of likely N-dealkylation sites (tertiary alicyclic amines) is 1. The number of carbonyl (C=O) groups excluding carboxylic acids is 1. The second-order valence-corrected chi connectivity index (χ2v) is 4.69. The van der Waals surface area contributed by atoms with Gasteiger partial charge in [-0.1, -0.05) is 30.3 Å². The molecule has 3 heteroatoms. The van der Waals surface area contributed by atoms with Gasteiger partial charge in [0.1, 0.15) is 0 Å². The Bertz CT molecular complexity index is 573. The summed E-state index contributed by atoms with van der Waals surface area (Å²) >= 11 is 0. The SMILES string of the molecule is O=C(Nc1ccc2ccccc2c1)N1CCCC1. The molecule has 0 atom stereocenters. The number of amides is 2. The van der Waals surface area contributed by atoms with E-state index in [2.05, 4.69) is 17.4 Å². The maximum absolute atomic E-state index is 12.0. The molecule has 0 aromatic heterocycles. The van der Waals surface area contributed by atoms with Gasteiger partial charge in [-0.25, -0.2) is 4.79 Å². The summed E-state index contributed by atoms with van der Waals surface area (Å²) in [7, 11) is 0. The standard InChI is InChI=1S/C15H16N2O/c18-15(17-9-3-4-10-17)16-14-8-7-12-5-1-2-6-13(12)11-14/h1-2,5-8,11H,3-4,9-10H2,(H,16,18). The lowest BCUT2D eigenvalue weighted by molar-refractivity contribution is 0.222. The van der Waals surface area contributed by atoms with E-state index in [1.54, 1.807) is 0 Å². The summed E-state index contributed by atoms with van der Waals surface area (Å²) in [6.07, 6.45) is 2.23. The highest BCUT2D eigenvalue weighted by Crippen LogP contribution is 2.19. The smallest absolute Gasteiger partial charge is 0.321 e. The van der Waals surface area contributed by atoms with Crippen LogP contribution in [0.5, 0.6) is 0 Å². The number of urea groups is 1. The third kappa shape index (κ3) is 2.16. The highest BCUT2D eigenvalue weighted by molar-refractivity contribution is 5.93. The van der Waals surface area contributed by atoms with Crippen molar-refractivity contribution in [1.82, 2.24) is 4.90 Å². The van der Waals surface area contributed by atoms with Crippen LogP contribution in [0.2, 0.25) is 0 Å². The molecule has 1 heterocycles. The first kappa shape index (κ1) is 11.1. The molecule has 0 saturated carbocycles. The Morgan fingerprint density at radius 1 is 1.00 bits per heavy atom. The van der Waals surface area contributed by atoms with Crippen molar-refractivity contribution in [3.63, 3.8) is 0 Å². The molecule has 3 nitrogen and oxygen atoms in total. The third-order valence-electron chi connectivity index (χ3n) is 3.39. The molecule has 0 unspecified atom stereocenters. The minimum absolute atomic E-state index is 0.0165. The first-order valence-corrected chi connectivity index (χ1v) is 6.38. The Kier molecular flexibility index (Phi) is 2.89. The van der Waals surface area contributed by atoms with E-state index < -0.39 is 0 Å². The van der Waals surface area contributed by atoms with E-state index in [4.69, 9.17) is 0 Å². The first-order chi connectivity index (χ1) is 8.83. The van der Waals surface area contributed by atoms with Gasteiger partial charge in [0, 0.05) is 18.8 Å². The van der Waals surface area contributed by atoms with Crippen molar-refractivity contribution in [1.29, 1.82) is 0 Å². The van der Waals surface area contributed by atoms with E-state index in [0.29, 0.717) is 0 Å². The lowest BCUT2D eigenvalue weighted by Crippen LogP contribution is -2.32. The molecule has 1 saturated heterocycles. The monoisotopic (exact) mass is 240 g/mol. The molecule has 2 aromatic rings. The normalized spacial score (nSPS) is 15.0. The number of anilines is 1. The fraction of sp³-hybridized carbons (Fsp3) is 0.267. The zero-order valence-corrected chi connectivity index (χ0v) is 10.2. The number of fused-ring (bicyclic) bond motifs is 1. The molecule has 18 heavy (non-hydrogen) atoms. The fourth-order valence-corrected chi connectivity index (χ4v) is 2.39. The number of carbonyl (C=O) groups is 1. The van der Waals surface area contributed by atoms with Crippen LogP contribution >= 0.6 is 0 Å². The number of nitrogens with one attached hydrogen (secondary N) is 1. The zero-order chi connectivity index (χ0) is 12.4. The molecule has 1 fully saturated rings. The average Bonchev–Trinajstić information content (AvgIpc) is 2.92. The Labute approximate surface area is 106 Å². The van der Waals surface area contributed by atoms with E-state index in [-0.39, 0.29) is 6.03 Å². The molecular weight excluding hydrogens is 224 g/mol. The van der Waals surface area contributed by atoms with Crippen LogP contribution in [0.4, 0.5) is 10.5 Å². The summed E-state index contributed by atoms with van der Waals surface area (Å²) in [5, 5.41) is 5.30. The van der Waals surface area contributed by atoms with Crippen molar-refractivity contribution >= 4 is 22.5 Å². The Morgan fingerprint density at radius 2 is 1.72 bits per heavy atom. The molecule has 2 amide bonds. The lowest BCUT2D eigenvalue weighted by Gasteiger charge is -2.16. The number of rotatable bonds is 1. The van der Waals surface area contributed by atoms with Gasteiger partial charge in [-0.3, -0.25) is 0 Å². The van der Waals surface area contributed by atoms with Crippen LogP contribution in [0.3, 0.4) is 0 Å². The van der Waals surface area contributed by atoms with E-state index in [1.165, 1.54) is 5.39 Å². The predicted octanol–water partition coefficient (Wildman–Crippen LogP) is 3.47. The second-order valence-electron chi connectivity index (χ2n) is 4.69. The van der Waals surface area contributed by atoms with Crippen LogP contribution in [0.25, 0.3) is 10.8 Å². The van der Waals surface area contributed by atoms with Gasteiger partial charge in [0.15, 0.2) is 0 Å². The largest absolute Gasteiger partial charge is 0.325 e. The Morgan fingerprint density at radius 3 is 2.50 bits per heavy atom. The van der Waals surface area contributed by atoms with Crippen LogP contribution in [-0.4, -0.2) is 24.0 Å². The Hall–Kier alpha value is -2.03. The van der Waals surface area contributed by atoms with Crippen LogP contribution in [-0.2, 0) is 0 Å². The zero-order valence-electron chi connectivity index (χ0n) is 10.2. The van der Waals surface area contributed by atoms with Crippen molar-refractivity contribution < 1.29 is 4.79 Å². The van der Waals surface area contributed by atoms with Crippen molar-refractivity contribution in [2.75, 3.05) is 18.4 Å². The molecule has 0 radical (unpaired) electrons. The quantitative estimate of drug-likeness (QED) is 0.813. The van der Waals surface area contributed by atoms with Crippen molar-refractivity contribution in [3.05, 3.63) is 42.5 Å². The van der Waals surface area contributed by atoms with Gasteiger partial charge >= 0.3 is 6.03 Å². The minimum Gasteiger partial charge on any atom is -0.325 e. The molecule has 1 aliphatic rings. The number of nitrogens with zero attached hydrogens (tertiary/aromatic N) is 1. The van der Waals surface area contributed by atoms with Crippen molar-refractivity contribution in [2.24, 2.45) is 0 Å². The van der Waals surface area contributed by atoms with Gasteiger partial charge in [-0.2, -0.15) is 0 Å². The summed E-state index contributed by atoms with van der Waals surface area (Å²) in [5.41, 5.74) is 0.866. The van der Waals surface area contributed by atoms with E-state index in [1.807, 2.05) is 35.2 Å². The molecule has 0 bridgehead atoms. The minimum atomic E-state index is 0.0165. The van der Waals surface area contributed by atoms with Crippen LogP contribution in [0, 0.1) is 0 Å². The van der Waals surface area contributed by atoms with Crippen molar-refractivity contribution in [2.45, 2.75) is 12.8 Å². The third-order valence-corrected chi connectivity index (χ3v) is 3.39. The van der Waals surface area contributed by atoms with E-state index >= 15 is 0 Å². The summed E-state index contributed by atoms with van der Waals surface area (Å²) in [4.78, 5) is 13.8. The van der Waals surface area contributed by atoms with Crippen LogP contribution in [0.15, 0.2) is 42.5 Å². The van der Waals surface area contributed by atoms with E-state index in [9.17, 15) is 4.79 Å². The van der Waals surface area contributed by atoms with Crippen LogP contribution < -0.4 is 5.32 Å². The Balaban J connectivity index is 1.79. The average molecular weight is 240 g/mol. The predicted molar refractivity (Wildman–Crippen MR) is 73.8 cm³/mol.